The van der Waals surface area contributed by atoms with E-state index in [9.17, 15) is 9.18 Å². The van der Waals surface area contributed by atoms with Crippen LogP contribution in [0.2, 0.25) is 5.02 Å². The van der Waals surface area contributed by atoms with Crippen LogP contribution in [0.1, 0.15) is 18.9 Å². The van der Waals surface area contributed by atoms with Crippen LogP contribution in [-0.4, -0.2) is 15.3 Å². The first-order valence-corrected chi connectivity index (χ1v) is 9.78. The summed E-state index contributed by atoms with van der Waals surface area (Å²) >= 11 is 7.52. The zero-order valence-electron chi connectivity index (χ0n) is 15.2. The van der Waals surface area contributed by atoms with Crippen LogP contribution in [0, 0.1) is 12.7 Å². The van der Waals surface area contributed by atoms with E-state index in [4.69, 9.17) is 16.3 Å². The Morgan fingerprint density at radius 1 is 1.33 bits per heavy atom. The van der Waals surface area contributed by atoms with Crippen LogP contribution < -0.4 is 15.0 Å². The highest BCUT2D eigenvalue weighted by Gasteiger charge is 2.16. The Morgan fingerprint density at radius 2 is 2.11 bits per heavy atom. The van der Waals surface area contributed by atoms with Crippen molar-refractivity contribution in [3.8, 4) is 11.5 Å². The predicted molar refractivity (Wildman–Crippen MR) is 110 cm³/mol. The molecule has 0 bridgehead atoms. The third-order valence-corrected chi connectivity index (χ3v) is 5.20. The first-order chi connectivity index (χ1) is 12.9. The second-order valence-electron chi connectivity index (χ2n) is 6.06. The largest absolute Gasteiger partial charge is 0.454 e. The van der Waals surface area contributed by atoms with Gasteiger partial charge in [0.2, 0.25) is 0 Å². The van der Waals surface area contributed by atoms with Gasteiger partial charge in [-0.25, -0.2) is 9.37 Å². The maximum Gasteiger partial charge on any atom is 0.261 e. The Labute approximate surface area is 165 Å². The molecule has 0 radical (unpaired) electrons. The molecule has 0 spiro atoms. The lowest BCUT2D eigenvalue weighted by atomic mass is 10.1. The lowest BCUT2D eigenvalue weighted by Gasteiger charge is -2.14. The molecule has 0 fully saturated rings. The van der Waals surface area contributed by atoms with Crippen LogP contribution in [0.15, 0.2) is 35.4 Å². The number of aryl methyl sites for hydroxylation is 2. The van der Waals surface area contributed by atoms with E-state index in [2.05, 4.69) is 9.71 Å². The predicted octanol–water partition coefficient (Wildman–Crippen LogP) is 5.30. The van der Waals surface area contributed by atoms with Gasteiger partial charge in [-0.1, -0.05) is 30.5 Å². The fourth-order valence-electron chi connectivity index (χ4n) is 2.61. The summed E-state index contributed by atoms with van der Waals surface area (Å²) in [5.41, 5.74) is 1.23. The molecule has 3 rings (SSSR count). The van der Waals surface area contributed by atoms with Gasteiger partial charge in [-0.15, -0.1) is 0 Å². The number of anilines is 1. The SMILES string of the molecule is CCCSNc1cc(Cl)cc(Oc2ccc3ncn(C)c(=O)c3c2C)c1F. The topological polar surface area (TPSA) is 56.1 Å². The minimum absolute atomic E-state index is 0.00902. The summed E-state index contributed by atoms with van der Waals surface area (Å²) < 4.78 is 25.0. The summed E-state index contributed by atoms with van der Waals surface area (Å²) in [6.45, 7) is 3.79. The summed E-state index contributed by atoms with van der Waals surface area (Å²) in [4.78, 5) is 16.7. The summed E-state index contributed by atoms with van der Waals surface area (Å²) in [6.07, 6.45) is 2.43. The Kier molecular flexibility index (Phi) is 5.92. The molecule has 3 aromatic rings. The second kappa shape index (κ2) is 8.19. The Morgan fingerprint density at radius 3 is 2.85 bits per heavy atom. The average Bonchev–Trinajstić information content (AvgIpc) is 2.64. The van der Waals surface area contributed by atoms with Gasteiger partial charge in [-0.05, 0) is 31.5 Å². The smallest absolute Gasteiger partial charge is 0.261 e. The summed E-state index contributed by atoms with van der Waals surface area (Å²) in [5.74, 6) is 0.662. The zero-order chi connectivity index (χ0) is 19.6. The third-order valence-electron chi connectivity index (χ3n) is 4.01. The molecule has 0 aliphatic carbocycles. The monoisotopic (exact) mass is 407 g/mol. The molecule has 27 heavy (non-hydrogen) atoms. The molecule has 0 saturated carbocycles. The van der Waals surface area contributed by atoms with E-state index < -0.39 is 5.82 Å². The summed E-state index contributed by atoms with van der Waals surface area (Å²) in [7, 11) is 1.63. The van der Waals surface area contributed by atoms with E-state index in [1.54, 1.807) is 26.1 Å². The fraction of sp³-hybridized carbons (Fsp3) is 0.263. The number of fused-ring (bicyclic) bond motifs is 1. The van der Waals surface area contributed by atoms with Crippen LogP contribution in [0.25, 0.3) is 10.9 Å². The lowest BCUT2D eigenvalue weighted by molar-refractivity contribution is 0.442. The first-order valence-electron chi connectivity index (χ1n) is 8.42. The molecule has 1 heterocycles. The fourth-order valence-corrected chi connectivity index (χ4v) is 3.42. The molecule has 1 aromatic heterocycles. The Hall–Kier alpha value is -2.25. The van der Waals surface area contributed by atoms with Crippen molar-refractivity contribution in [2.45, 2.75) is 20.3 Å². The van der Waals surface area contributed by atoms with Gasteiger partial charge in [0.25, 0.3) is 5.56 Å². The van der Waals surface area contributed by atoms with Crippen molar-refractivity contribution in [2.75, 3.05) is 10.5 Å². The average molecular weight is 408 g/mol. The molecule has 0 aliphatic heterocycles. The van der Waals surface area contributed by atoms with Gasteiger partial charge in [-0.2, -0.15) is 0 Å². The standard InChI is InChI=1S/C19H19ClFN3O2S/c1-4-7-27-23-14-8-12(20)9-16(18(14)21)26-15-6-5-13-17(11(15)2)19(25)24(3)10-22-13/h5-6,8-10,23H,4,7H2,1-3H3. The third kappa shape index (κ3) is 4.04. The highest BCUT2D eigenvalue weighted by atomic mass is 35.5. The van der Waals surface area contributed by atoms with Crippen LogP contribution in [0.3, 0.4) is 0 Å². The van der Waals surface area contributed by atoms with Gasteiger partial charge in [-0.3, -0.25) is 4.79 Å². The quantitative estimate of drug-likeness (QED) is 0.444. The van der Waals surface area contributed by atoms with Gasteiger partial charge >= 0.3 is 0 Å². The van der Waals surface area contributed by atoms with Gasteiger partial charge in [0.1, 0.15) is 5.75 Å². The second-order valence-corrected chi connectivity index (χ2v) is 7.40. The van der Waals surface area contributed by atoms with E-state index in [-0.39, 0.29) is 17.0 Å². The molecule has 0 amide bonds. The van der Waals surface area contributed by atoms with Crippen molar-refractivity contribution >= 4 is 40.1 Å². The van der Waals surface area contributed by atoms with E-state index in [0.717, 1.165) is 12.2 Å². The van der Waals surface area contributed by atoms with Crippen molar-refractivity contribution < 1.29 is 9.13 Å². The number of ether oxygens (including phenoxy) is 1. The molecule has 142 valence electrons. The van der Waals surface area contributed by atoms with E-state index >= 15 is 0 Å². The number of hydrogen-bond acceptors (Lipinski definition) is 5. The van der Waals surface area contributed by atoms with E-state index in [0.29, 0.717) is 27.2 Å². The van der Waals surface area contributed by atoms with Crippen molar-refractivity contribution in [2.24, 2.45) is 7.05 Å². The first kappa shape index (κ1) is 19.5. The molecule has 5 nitrogen and oxygen atoms in total. The number of hydrogen-bond donors (Lipinski definition) is 1. The van der Waals surface area contributed by atoms with Crippen molar-refractivity contribution in [1.29, 1.82) is 0 Å². The highest BCUT2D eigenvalue weighted by molar-refractivity contribution is 8.00. The van der Waals surface area contributed by atoms with Crippen molar-refractivity contribution in [3.05, 3.63) is 57.3 Å². The van der Waals surface area contributed by atoms with Crippen LogP contribution in [-0.2, 0) is 7.05 Å². The summed E-state index contributed by atoms with van der Waals surface area (Å²) in [6, 6.07) is 6.28. The lowest BCUT2D eigenvalue weighted by Crippen LogP contribution is -2.18. The minimum atomic E-state index is -0.540. The minimum Gasteiger partial charge on any atom is -0.454 e. The molecule has 0 saturated heterocycles. The normalized spacial score (nSPS) is 11.0. The molecule has 8 heteroatoms. The number of aromatic nitrogens is 2. The van der Waals surface area contributed by atoms with Crippen molar-refractivity contribution in [1.82, 2.24) is 9.55 Å². The van der Waals surface area contributed by atoms with Crippen LogP contribution in [0.4, 0.5) is 10.1 Å². The number of nitrogens with zero attached hydrogens (tertiary/aromatic N) is 2. The van der Waals surface area contributed by atoms with Crippen LogP contribution >= 0.6 is 23.5 Å². The number of benzene rings is 2. The molecule has 0 aliphatic rings. The molecular formula is C19H19ClFN3O2S. The van der Waals surface area contributed by atoms with E-state index in [1.165, 1.54) is 35.0 Å². The molecular weight excluding hydrogens is 389 g/mol. The number of nitrogens with one attached hydrogen (secondary N) is 1. The Bertz CT molecular complexity index is 1060. The highest BCUT2D eigenvalue weighted by Crippen LogP contribution is 2.36. The maximum absolute atomic E-state index is 14.8. The molecule has 1 N–H and O–H groups in total. The number of halogens is 2. The molecule has 0 unspecified atom stereocenters. The number of rotatable bonds is 6. The van der Waals surface area contributed by atoms with Gasteiger partial charge in [0.05, 0.1) is 22.9 Å². The van der Waals surface area contributed by atoms with Gasteiger partial charge in [0.15, 0.2) is 11.6 Å². The Balaban J connectivity index is 2.01. The van der Waals surface area contributed by atoms with Crippen molar-refractivity contribution in [3.63, 3.8) is 0 Å². The van der Waals surface area contributed by atoms with E-state index in [1.807, 2.05) is 6.92 Å². The van der Waals surface area contributed by atoms with Gasteiger partial charge < -0.3 is 14.0 Å². The molecule has 0 atom stereocenters. The zero-order valence-corrected chi connectivity index (χ0v) is 16.7. The van der Waals surface area contributed by atoms with Gasteiger partial charge in [0, 0.05) is 29.5 Å². The maximum atomic E-state index is 14.8. The van der Waals surface area contributed by atoms with Crippen LogP contribution in [0.5, 0.6) is 11.5 Å². The molecule has 2 aromatic carbocycles. The summed E-state index contributed by atoms with van der Waals surface area (Å²) in [5, 5.41) is 0.791.